The summed E-state index contributed by atoms with van der Waals surface area (Å²) in [5.74, 6) is -0.666. The minimum absolute atomic E-state index is 0.0704. The van der Waals surface area contributed by atoms with Gasteiger partial charge in [0.25, 0.3) is 0 Å². The number of carbonyl (C=O) groups excluding carboxylic acids is 1. The van der Waals surface area contributed by atoms with Crippen LogP contribution in [0, 0.1) is 5.82 Å². The Labute approximate surface area is 147 Å². The highest BCUT2D eigenvalue weighted by Gasteiger charge is 2.41. The third-order valence-electron chi connectivity index (χ3n) is 5.35. The molecule has 0 bridgehead atoms. The number of likely N-dealkylation sites (tertiary alicyclic amines) is 1. The molecule has 0 aromatic heterocycles. The SMILES string of the molecule is O=C(N1CCN(c2ccccc2F)CC1)N1CCC2(CC1)OCCO2. The van der Waals surface area contributed by atoms with E-state index in [0.717, 1.165) is 12.8 Å². The molecule has 3 aliphatic heterocycles. The van der Waals surface area contributed by atoms with Crippen molar-refractivity contribution in [3.05, 3.63) is 30.1 Å². The lowest BCUT2D eigenvalue weighted by atomic mass is 10.0. The lowest BCUT2D eigenvalue weighted by Crippen LogP contribution is -2.56. The fourth-order valence-electron chi connectivity index (χ4n) is 3.87. The molecule has 0 atom stereocenters. The lowest BCUT2D eigenvalue weighted by Gasteiger charge is -2.42. The molecule has 0 N–H and O–H groups in total. The highest BCUT2D eigenvalue weighted by atomic mass is 19.1. The first-order valence-corrected chi connectivity index (χ1v) is 8.98. The Morgan fingerprint density at radius 2 is 1.52 bits per heavy atom. The van der Waals surface area contributed by atoms with Gasteiger partial charge < -0.3 is 24.2 Å². The van der Waals surface area contributed by atoms with Crippen molar-refractivity contribution in [2.75, 3.05) is 57.4 Å². The van der Waals surface area contributed by atoms with Crippen LogP contribution in [0.1, 0.15) is 12.8 Å². The predicted molar refractivity (Wildman–Crippen MR) is 91.0 cm³/mol. The zero-order valence-electron chi connectivity index (χ0n) is 14.3. The summed E-state index contributed by atoms with van der Waals surface area (Å²) in [6.07, 6.45) is 1.46. The number of halogens is 1. The molecule has 25 heavy (non-hydrogen) atoms. The second-order valence-corrected chi connectivity index (χ2v) is 6.80. The minimum Gasteiger partial charge on any atom is -0.366 e. The van der Waals surface area contributed by atoms with Gasteiger partial charge in [0.15, 0.2) is 5.79 Å². The van der Waals surface area contributed by atoms with Crippen LogP contribution in [0.25, 0.3) is 0 Å². The maximum atomic E-state index is 13.9. The van der Waals surface area contributed by atoms with E-state index >= 15 is 0 Å². The van der Waals surface area contributed by atoms with Crippen molar-refractivity contribution in [1.29, 1.82) is 0 Å². The van der Waals surface area contributed by atoms with Crippen LogP contribution in [-0.2, 0) is 9.47 Å². The quantitative estimate of drug-likeness (QED) is 0.777. The first-order chi connectivity index (χ1) is 12.2. The van der Waals surface area contributed by atoms with E-state index in [2.05, 4.69) is 0 Å². The van der Waals surface area contributed by atoms with Gasteiger partial charge in [0.1, 0.15) is 5.82 Å². The summed E-state index contributed by atoms with van der Waals surface area (Å²) < 4.78 is 25.3. The molecular formula is C18H24FN3O3. The molecule has 0 aliphatic carbocycles. The van der Waals surface area contributed by atoms with Gasteiger partial charge in [0.05, 0.1) is 18.9 Å². The molecule has 1 aromatic carbocycles. The van der Waals surface area contributed by atoms with Crippen molar-refractivity contribution in [2.24, 2.45) is 0 Å². The molecule has 0 saturated carbocycles. The first kappa shape index (κ1) is 16.6. The van der Waals surface area contributed by atoms with Gasteiger partial charge in [-0.3, -0.25) is 0 Å². The number of para-hydroxylation sites is 1. The second-order valence-electron chi connectivity index (χ2n) is 6.80. The van der Waals surface area contributed by atoms with Crippen LogP contribution in [-0.4, -0.2) is 74.1 Å². The smallest absolute Gasteiger partial charge is 0.320 e. The van der Waals surface area contributed by atoms with Crippen LogP contribution >= 0.6 is 0 Å². The Balaban J connectivity index is 1.31. The maximum Gasteiger partial charge on any atom is 0.320 e. The van der Waals surface area contributed by atoms with E-state index in [1.165, 1.54) is 6.07 Å². The second kappa shape index (κ2) is 6.80. The monoisotopic (exact) mass is 349 g/mol. The summed E-state index contributed by atoms with van der Waals surface area (Å²) in [6, 6.07) is 6.87. The zero-order chi connectivity index (χ0) is 17.3. The van der Waals surface area contributed by atoms with Crippen LogP contribution in [0.3, 0.4) is 0 Å². The standard InChI is InChI=1S/C18H24FN3O3/c19-15-3-1-2-4-16(15)20-9-11-22(12-10-20)17(23)21-7-5-18(6-8-21)24-13-14-25-18/h1-4H,5-14H2. The number of urea groups is 1. The van der Waals surface area contributed by atoms with Crippen molar-refractivity contribution in [2.45, 2.75) is 18.6 Å². The molecule has 3 aliphatic rings. The number of nitrogens with zero attached hydrogens (tertiary/aromatic N) is 3. The van der Waals surface area contributed by atoms with Crippen molar-refractivity contribution in [1.82, 2.24) is 9.80 Å². The van der Waals surface area contributed by atoms with E-state index in [1.807, 2.05) is 20.8 Å². The van der Waals surface area contributed by atoms with Crippen LogP contribution in [0.15, 0.2) is 24.3 Å². The Morgan fingerprint density at radius 1 is 0.920 bits per heavy atom. The minimum atomic E-state index is -0.458. The molecule has 3 heterocycles. The average Bonchev–Trinajstić information content (AvgIpc) is 3.10. The highest BCUT2D eigenvalue weighted by molar-refractivity contribution is 5.75. The van der Waals surface area contributed by atoms with Gasteiger partial charge in [-0.05, 0) is 12.1 Å². The van der Waals surface area contributed by atoms with Crippen LogP contribution in [0.4, 0.5) is 14.9 Å². The third-order valence-corrected chi connectivity index (χ3v) is 5.35. The number of carbonyl (C=O) groups is 1. The van der Waals surface area contributed by atoms with Crippen molar-refractivity contribution >= 4 is 11.7 Å². The number of hydrogen-bond acceptors (Lipinski definition) is 4. The number of amides is 2. The molecule has 4 rings (SSSR count). The molecule has 1 spiro atoms. The van der Waals surface area contributed by atoms with Gasteiger partial charge >= 0.3 is 6.03 Å². The third kappa shape index (κ3) is 3.30. The van der Waals surface area contributed by atoms with Crippen molar-refractivity contribution in [3.8, 4) is 0 Å². The van der Waals surface area contributed by atoms with Crippen LogP contribution in [0.5, 0.6) is 0 Å². The molecular weight excluding hydrogens is 325 g/mol. The van der Waals surface area contributed by atoms with E-state index in [4.69, 9.17) is 9.47 Å². The summed E-state index contributed by atoms with van der Waals surface area (Å²) >= 11 is 0. The van der Waals surface area contributed by atoms with E-state index in [-0.39, 0.29) is 11.8 Å². The topological polar surface area (TPSA) is 45.3 Å². The zero-order valence-corrected chi connectivity index (χ0v) is 14.3. The maximum absolute atomic E-state index is 13.9. The number of piperidine rings is 1. The first-order valence-electron chi connectivity index (χ1n) is 8.98. The van der Waals surface area contributed by atoms with E-state index in [1.54, 1.807) is 12.1 Å². The summed E-state index contributed by atoms with van der Waals surface area (Å²) in [7, 11) is 0. The number of rotatable bonds is 1. The average molecular weight is 349 g/mol. The Bertz CT molecular complexity index is 618. The van der Waals surface area contributed by atoms with Gasteiger partial charge in [-0.15, -0.1) is 0 Å². The summed E-state index contributed by atoms with van der Waals surface area (Å²) in [4.78, 5) is 18.5. The van der Waals surface area contributed by atoms with Crippen LogP contribution < -0.4 is 4.90 Å². The fraction of sp³-hybridized carbons (Fsp3) is 0.611. The van der Waals surface area contributed by atoms with Crippen molar-refractivity contribution < 1.29 is 18.7 Å². The van der Waals surface area contributed by atoms with E-state index in [0.29, 0.717) is 58.2 Å². The van der Waals surface area contributed by atoms with Gasteiger partial charge in [-0.25, -0.2) is 9.18 Å². The Kier molecular flexibility index (Phi) is 4.52. The summed E-state index contributed by atoms with van der Waals surface area (Å²) in [6.45, 7) is 5.13. The number of ether oxygens (including phenoxy) is 2. The fourth-order valence-corrected chi connectivity index (χ4v) is 3.87. The molecule has 7 heteroatoms. The van der Waals surface area contributed by atoms with Gasteiger partial charge in [0.2, 0.25) is 0 Å². The summed E-state index contributed by atoms with van der Waals surface area (Å²) in [5, 5.41) is 0. The molecule has 6 nitrogen and oxygen atoms in total. The Morgan fingerprint density at radius 3 is 2.16 bits per heavy atom. The van der Waals surface area contributed by atoms with E-state index in [9.17, 15) is 9.18 Å². The number of benzene rings is 1. The summed E-state index contributed by atoms with van der Waals surface area (Å²) in [5.41, 5.74) is 0.616. The van der Waals surface area contributed by atoms with Crippen molar-refractivity contribution in [3.63, 3.8) is 0 Å². The molecule has 3 fully saturated rings. The largest absolute Gasteiger partial charge is 0.366 e. The molecule has 2 amide bonds. The number of anilines is 1. The molecule has 1 aromatic rings. The number of hydrogen-bond donors (Lipinski definition) is 0. The van der Waals surface area contributed by atoms with Gasteiger partial charge in [-0.2, -0.15) is 0 Å². The molecule has 136 valence electrons. The highest BCUT2D eigenvalue weighted by Crippen LogP contribution is 2.31. The van der Waals surface area contributed by atoms with E-state index < -0.39 is 5.79 Å². The van der Waals surface area contributed by atoms with Gasteiger partial charge in [-0.1, -0.05) is 12.1 Å². The molecule has 0 unspecified atom stereocenters. The lowest BCUT2D eigenvalue weighted by molar-refractivity contribution is -0.181. The van der Waals surface area contributed by atoms with Crippen LogP contribution in [0.2, 0.25) is 0 Å². The normalized spacial score (nSPS) is 23.3. The van der Waals surface area contributed by atoms with Gasteiger partial charge in [0, 0.05) is 52.1 Å². The number of piperazine rings is 1. The Hall–Kier alpha value is -1.86. The molecule has 0 radical (unpaired) electrons. The molecule has 3 saturated heterocycles. The predicted octanol–water partition coefficient (Wildman–Crippen LogP) is 1.91.